The second-order valence-electron chi connectivity index (χ2n) is 6.95. The normalized spacial score (nSPS) is 14.5. The quantitative estimate of drug-likeness (QED) is 0.676. The summed E-state index contributed by atoms with van der Waals surface area (Å²) >= 11 is 0. The number of nitrogens with zero attached hydrogens (tertiary/aromatic N) is 6. The zero-order valence-electron chi connectivity index (χ0n) is 16.2. The van der Waals surface area contributed by atoms with Crippen LogP contribution in [-0.4, -0.2) is 75.3 Å². The summed E-state index contributed by atoms with van der Waals surface area (Å²) in [6.45, 7) is 6.01. The number of carbonyl (C=O) groups excluding carboxylic acids is 1. The van der Waals surface area contributed by atoms with Crippen LogP contribution in [-0.2, 0) is 17.9 Å². The van der Waals surface area contributed by atoms with Crippen LogP contribution < -0.4 is 9.47 Å². The van der Waals surface area contributed by atoms with E-state index in [0.29, 0.717) is 43.0 Å². The Bertz CT molecular complexity index is 772. The van der Waals surface area contributed by atoms with E-state index in [0.717, 1.165) is 0 Å². The first-order valence-corrected chi connectivity index (χ1v) is 9.00. The largest absolute Gasteiger partial charge is 0.493 e. The Balaban J connectivity index is 1.51. The first-order chi connectivity index (χ1) is 13.0. The Morgan fingerprint density at radius 3 is 2.67 bits per heavy atom. The second-order valence-corrected chi connectivity index (χ2v) is 6.95. The molecule has 3 rings (SSSR count). The first-order valence-electron chi connectivity index (χ1n) is 9.00. The Morgan fingerprint density at radius 2 is 2.00 bits per heavy atom. The van der Waals surface area contributed by atoms with Gasteiger partial charge < -0.3 is 14.4 Å². The molecular formula is C18H26N6O3. The molecule has 0 spiro atoms. The Labute approximate surface area is 158 Å². The number of likely N-dealkylation sites (tertiary alicyclic amines) is 1. The lowest BCUT2D eigenvalue weighted by molar-refractivity contribution is -0.141. The maximum Gasteiger partial charge on any atom is 0.244 e. The molecule has 1 aromatic heterocycles. The Kier molecular flexibility index (Phi) is 5.90. The molecule has 0 N–H and O–H groups in total. The number of aromatic nitrogens is 4. The van der Waals surface area contributed by atoms with Crippen molar-refractivity contribution in [2.75, 3.05) is 27.2 Å². The summed E-state index contributed by atoms with van der Waals surface area (Å²) in [5.41, 5.74) is 0. The molecule has 1 amide bonds. The third-order valence-corrected chi connectivity index (χ3v) is 4.73. The van der Waals surface area contributed by atoms with E-state index in [1.165, 1.54) is 0 Å². The summed E-state index contributed by atoms with van der Waals surface area (Å²) in [5.74, 6) is 2.05. The molecule has 27 heavy (non-hydrogen) atoms. The van der Waals surface area contributed by atoms with Crippen molar-refractivity contribution in [3.05, 3.63) is 30.1 Å². The topological polar surface area (TPSA) is 85.6 Å². The summed E-state index contributed by atoms with van der Waals surface area (Å²) in [4.78, 5) is 16.4. The van der Waals surface area contributed by atoms with Crippen molar-refractivity contribution in [2.24, 2.45) is 0 Å². The molecular weight excluding hydrogens is 348 g/mol. The average molecular weight is 374 g/mol. The van der Waals surface area contributed by atoms with Crippen molar-refractivity contribution in [2.45, 2.75) is 39.1 Å². The van der Waals surface area contributed by atoms with Gasteiger partial charge in [0.2, 0.25) is 5.91 Å². The molecule has 2 heterocycles. The highest BCUT2D eigenvalue weighted by atomic mass is 16.5. The highest BCUT2D eigenvalue weighted by Gasteiger charge is 2.33. The zero-order chi connectivity index (χ0) is 19.4. The molecule has 9 nitrogen and oxygen atoms in total. The van der Waals surface area contributed by atoms with Crippen LogP contribution in [0.15, 0.2) is 24.3 Å². The van der Waals surface area contributed by atoms with Crippen molar-refractivity contribution in [1.29, 1.82) is 0 Å². The lowest BCUT2D eigenvalue weighted by atomic mass is 10.1. The van der Waals surface area contributed by atoms with Gasteiger partial charge in [-0.05, 0) is 43.5 Å². The lowest BCUT2D eigenvalue weighted by Crippen LogP contribution is -2.57. The summed E-state index contributed by atoms with van der Waals surface area (Å²) in [6.07, 6.45) is -0.0364. The van der Waals surface area contributed by atoms with Crippen molar-refractivity contribution in [3.63, 3.8) is 0 Å². The van der Waals surface area contributed by atoms with Crippen LogP contribution in [0.5, 0.6) is 11.5 Å². The van der Waals surface area contributed by atoms with Crippen LogP contribution in [0.2, 0.25) is 0 Å². The molecule has 0 bridgehead atoms. The molecule has 0 atom stereocenters. The maximum absolute atomic E-state index is 12.5. The van der Waals surface area contributed by atoms with Crippen molar-refractivity contribution in [1.82, 2.24) is 30.0 Å². The van der Waals surface area contributed by atoms with Gasteiger partial charge in [0, 0.05) is 6.04 Å². The molecule has 1 fully saturated rings. The van der Waals surface area contributed by atoms with Crippen molar-refractivity contribution in [3.8, 4) is 11.5 Å². The van der Waals surface area contributed by atoms with E-state index in [2.05, 4.69) is 34.3 Å². The van der Waals surface area contributed by atoms with Crippen LogP contribution in [0.3, 0.4) is 0 Å². The molecule has 0 radical (unpaired) electrons. The molecule has 2 aromatic rings. The number of tetrazole rings is 1. The van der Waals surface area contributed by atoms with Gasteiger partial charge >= 0.3 is 0 Å². The molecule has 1 saturated heterocycles. The van der Waals surface area contributed by atoms with Gasteiger partial charge in [0.15, 0.2) is 17.3 Å². The average Bonchev–Trinajstić information content (AvgIpc) is 3.04. The number of amides is 1. The predicted molar refractivity (Wildman–Crippen MR) is 98.4 cm³/mol. The number of para-hydroxylation sites is 2. The van der Waals surface area contributed by atoms with Gasteiger partial charge in [-0.2, -0.15) is 0 Å². The molecule has 1 aliphatic heterocycles. The van der Waals surface area contributed by atoms with Gasteiger partial charge in [-0.1, -0.05) is 12.1 Å². The van der Waals surface area contributed by atoms with Crippen LogP contribution in [0.4, 0.5) is 0 Å². The predicted octanol–water partition coefficient (Wildman–Crippen LogP) is 0.812. The summed E-state index contributed by atoms with van der Waals surface area (Å²) in [6, 6.07) is 7.87. The molecule has 1 aromatic carbocycles. The molecule has 1 aliphatic rings. The number of hydrogen-bond acceptors (Lipinski definition) is 7. The highest BCUT2D eigenvalue weighted by Crippen LogP contribution is 2.28. The fourth-order valence-electron chi connectivity index (χ4n) is 2.71. The minimum Gasteiger partial charge on any atom is -0.493 e. The SMILES string of the molecule is COc1ccccc1OC1CN(C(=O)Cn2nnnc2CN(C)C(C)C)C1. The number of rotatable bonds is 8. The second kappa shape index (κ2) is 8.34. The van der Waals surface area contributed by atoms with Gasteiger partial charge in [0.05, 0.1) is 26.7 Å². The minimum absolute atomic E-state index is 0.0179. The van der Waals surface area contributed by atoms with Gasteiger partial charge in [0.25, 0.3) is 0 Å². The standard InChI is InChI=1S/C18H26N6O3/c1-13(2)22(3)11-17-19-20-21-24(17)12-18(25)23-9-14(10-23)27-16-8-6-5-7-15(16)26-4/h5-8,13-14H,9-12H2,1-4H3. The van der Waals surface area contributed by atoms with Gasteiger partial charge in [-0.15, -0.1) is 5.10 Å². The fourth-order valence-corrected chi connectivity index (χ4v) is 2.71. The third-order valence-electron chi connectivity index (χ3n) is 4.73. The molecule has 146 valence electrons. The Hall–Kier alpha value is -2.68. The summed E-state index contributed by atoms with van der Waals surface area (Å²) < 4.78 is 12.8. The lowest BCUT2D eigenvalue weighted by Gasteiger charge is -2.39. The van der Waals surface area contributed by atoms with E-state index < -0.39 is 0 Å². The van der Waals surface area contributed by atoms with Gasteiger partial charge in [0.1, 0.15) is 12.6 Å². The molecule has 0 aliphatic carbocycles. The van der Waals surface area contributed by atoms with Crippen LogP contribution in [0.1, 0.15) is 19.7 Å². The third kappa shape index (κ3) is 4.54. The number of hydrogen-bond donors (Lipinski definition) is 0. The van der Waals surface area contributed by atoms with Gasteiger partial charge in [-0.25, -0.2) is 4.68 Å². The summed E-state index contributed by atoms with van der Waals surface area (Å²) in [7, 11) is 3.61. The van der Waals surface area contributed by atoms with Crippen molar-refractivity contribution >= 4 is 5.91 Å². The molecule has 9 heteroatoms. The first kappa shape index (κ1) is 19.1. The molecule has 0 unspecified atom stereocenters. The van der Waals surface area contributed by atoms with E-state index in [-0.39, 0.29) is 18.6 Å². The smallest absolute Gasteiger partial charge is 0.244 e. The Morgan fingerprint density at radius 1 is 1.30 bits per heavy atom. The fraction of sp³-hybridized carbons (Fsp3) is 0.556. The van der Waals surface area contributed by atoms with E-state index in [1.807, 2.05) is 31.3 Å². The maximum atomic E-state index is 12.5. The highest BCUT2D eigenvalue weighted by molar-refractivity contribution is 5.76. The molecule has 0 saturated carbocycles. The number of ether oxygens (including phenoxy) is 2. The zero-order valence-corrected chi connectivity index (χ0v) is 16.2. The summed E-state index contributed by atoms with van der Waals surface area (Å²) in [5, 5.41) is 11.7. The number of benzene rings is 1. The van der Waals surface area contributed by atoms with E-state index >= 15 is 0 Å². The van der Waals surface area contributed by atoms with E-state index in [4.69, 9.17) is 9.47 Å². The van der Waals surface area contributed by atoms with Crippen LogP contribution in [0.25, 0.3) is 0 Å². The minimum atomic E-state index is -0.0364. The van der Waals surface area contributed by atoms with Crippen molar-refractivity contribution < 1.29 is 14.3 Å². The number of methoxy groups -OCH3 is 1. The monoisotopic (exact) mass is 374 g/mol. The van der Waals surface area contributed by atoms with Crippen LogP contribution in [0, 0.1) is 0 Å². The van der Waals surface area contributed by atoms with E-state index in [1.54, 1.807) is 16.7 Å². The van der Waals surface area contributed by atoms with Crippen LogP contribution >= 0.6 is 0 Å². The van der Waals surface area contributed by atoms with E-state index in [9.17, 15) is 4.79 Å². The van der Waals surface area contributed by atoms with Gasteiger partial charge in [-0.3, -0.25) is 9.69 Å². The number of carbonyl (C=O) groups is 1.